The number of ketones is 2. The number of carbonyl (C=O) groups excluding carboxylic acids is 2. The average Bonchev–Trinajstić information content (AvgIpc) is 3.13. The van der Waals surface area contributed by atoms with Crippen LogP contribution >= 0.6 is 0 Å². The summed E-state index contributed by atoms with van der Waals surface area (Å²) in [5.74, 6) is -0.319. The Balaban J connectivity index is 1.69. The Hall–Kier alpha value is -1.98. The normalized spacial score (nSPS) is 39.9. The molecule has 5 nitrogen and oxygen atoms in total. The monoisotopic (exact) mass is 311 g/mol. The minimum atomic E-state index is -0.751. The highest BCUT2D eigenvalue weighted by Crippen LogP contribution is 2.50. The van der Waals surface area contributed by atoms with Crippen LogP contribution in [0.15, 0.2) is 30.3 Å². The SMILES string of the molecule is CC(=O)[C@@H]1[C@@H]2[C@H](C(=O)[C@H]3OC[C@@H]2O3)[C@H]2C=Cc3ccccc3N21. The molecule has 23 heavy (non-hydrogen) atoms. The van der Waals surface area contributed by atoms with Crippen molar-refractivity contribution in [2.24, 2.45) is 11.8 Å². The lowest BCUT2D eigenvalue weighted by Gasteiger charge is -2.35. The molecule has 2 bridgehead atoms. The maximum atomic E-state index is 12.8. The molecule has 1 aromatic carbocycles. The zero-order valence-electron chi connectivity index (χ0n) is 12.7. The first kappa shape index (κ1) is 13.5. The van der Waals surface area contributed by atoms with Crippen LogP contribution in [0.1, 0.15) is 12.5 Å². The van der Waals surface area contributed by atoms with E-state index in [9.17, 15) is 9.59 Å². The highest BCUT2D eigenvalue weighted by Gasteiger charge is 2.62. The van der Waals surface area contributed by atoms with Crippen LogP contribution < -0.4 is 4.90 Å². The van der Waals surface area contributed by atoms with Crippen molar-refractivity contribution in [2.45, 2.75) is 31.4 Å². The Kier molecular flexibility index (Phi) is 2.65. The van der Waals surface area contributed by atoms with Crippen LogP contribution in [0.3, 0.4) is 0 Å². The van der Waals surface area contributed by atoms with Crippen LogP contribution in [0, 0.1) is 11.8 Å². The molecule has 4 aliphatic heterocycles. The minimum Gasteiger partial charge on any atom is -0.353 e. The van der Waals surface area contributed by atoms with Crippen molar-refractivity contribution >= 4 is 23.3 Å². The van der Waals surface area contributed by atoms with Crippen molar-refractivity contribution in [1.82, 2.24) is 0 Å². The second-order valence-corrected chi connectivity index (χ2v) is 6.72. The van der Waals surface area contributed by atoms with Gasteiger partial charge in [-0.15, -0.1) is 0 Å². The third-order valence-electron chi connectivity index (χ3n) is 5.57. The molecule has 4 heterocycles. The number of hydrogen-bond acceptors (Lipinski definition) is 5. The van der Waals surface area contributed by atoms with Gasteiger partial charge in [-0.25, -0.2) is 0 Å². The highest BCUT2D eigenvalue weighted by molar-refractivity contribution is 5.95. The number of para-hydroxylation sites is 1. The molecule has 0 N–H and O–H groups in total. The molecule has 0 unspecified atom stereocenters. The van der Waals surface area contributed by atoms with Gasteiger partial charge in [-0.05, 0) is 18.6 Å². The van der Waals surface area contributed by atoms with Gasteiger partial charge < -0.3 is 14.4 Å². The van der Waals surface area contributed by atoms with Gasteiger partial charge in [-0.3, -0.25) is 9.59 Å². The molecule has 0 spiro atoms. The van der Waals surface area contributed by atoms with Gasteiger partial charge in [-0.2, -0.15) is 0 Å². The standard InChI is InChI=1S/C18H17NO4/c1-9(20)16-15-13-8-22-18(23-13)17(21)14(15)12-7-6-10-4-2-3-5-11(10)19(12)16/h2-7,12-16,18H,8H2,1H3/t12-,13+,14-,15+,16-,18+/m1/s1. The van der Waals surface area contributed by atoms with Crippen LogP contribution in [0.5, 0.6) is 0 Å². The number of benzene rings is 1. The van der Waals surface area contributed by atoms with E-state index in [1.54, 1.807) is 6.92 Å². The largest absolute Gasteiger partial charge is 0.353 e. The molecule has 0 radical (unpaired) electrons. The molecule has 1 aromatic rings. The maximum Gasteiger partial charge on any atom is 0.218 e. The van der Waals surface area contributed by atoms with Crippen molar-refractivity contribution in [3.63, 3.8) is 0 Å². The molecule has 5 rings (SSSR count). The van der Waals surface area contributed by atoms with Crippen LogP contribution in [0.4, 0.5) is 5.69 Å². The lowest BCUT2D eigenvalue weighted by molar-refractivity contribution is -0.164. The number of ether oxygens (including phenoxy) is 2. The van der Waals surface area contributed by atoms with Crippen LogP contribution in [-0.4, -0.2) is 42.7 Å². The Labute approximate surface area is 133 Å². The molecule has 0 aliphatic carbocycles. The van der Waals surface area contributed by atoms with Gasteiger partial charge in [0.15, 0.2) is 11.6 Å². The third kappa shape index (κ3) is 1.64. The summed E-state index contributed by atoms with van der Waals surface area (Å²) in [5, 5.41) is 0. The molecule has 118 valence electrons. The Morgan fingerprint density at radius 2 is 2.13 bits per heavy atom. The van der Waals surface area contributed by atoms with E-state index in [0.29, 0.717) is 6.61 Å². The van der Waals surface area contributed by atoms with Crippen molar-refractivity contribution in [3.8, 4) is 0 Å². The first-order valence-corrected chi connectivity index (χ1v) is 8.03. The summed E-state index contributed by atoms with van der Waals surface area (Å²) in [4.78, 5) is 27.4. The fraction of sp³-hybridized carbons (Fsp3) is 0.444. The van der Waals surface area contributed by atoms with E-state index in [4.69, 9.17) is 9.47 Å². The molecule has 4 aliphatic rings. The molecule has 0 aromatic heterocycles. The van der Waals surface area contributed by atoms with Crippen molar-refractivity contribution in [1.29, 1.82) is 0 Å². The Morgan fingerprint density at radius 1 is 1.30 bits per heavy atom. The summed E-state index contributed by atoms with van der Waals surface area (Å²) in [5.41, 5.74) is 2.11. The lowest BCUT2D eigenvalue weighted by atomic mass is 9.78. The molecule has 0 saturated carbocycles. The zero-order valence-corrected chi connectivity index (χ0v) is 12.7. The zero-order chi connectivity index (χ0) is 15.7. The molecule has 5 heteroatoms. The Bertz CT molecular complexity index is 742. The van der Waals surface area contributed by atoms with E-state index in [0.717, 1.165) is 11.3 Å². The van der Waals surface area contributed by atoms with Gasteiger partial charge in [0, 0.05) is 11.6 Å². The van der Waals surface area contributed by atoms with Gasteiger partial charge in [0.2, 0.25) is 6.29 Å². The van der Waals surface area contributed by atoms with Gasteiger partial charge >= 0.3 is 0 Å². The molecular weight excluding hydrogens is 294 g/mol. The number of rotatable bonds is 1. The van der Waals surface area contributed by atoms with Gasteiger partial charge in [-0.1, -0.05) is 30.4 Å². The maximum absolute atomic E-state index is 12.8. The first-order valence-electron chi connectivity index (χ1n) is 8.03. The summed E-state index contributed by atoms with van der Waals surface area (Å²) in [6.07, 6.45) is 3.19. The fourth-order valence-electron chi connectivity index (χ4n) is 4.74. The molecule has 3 fully saturated rings. The summed E-state index contributed by atoms with van der Waals surface area (Å²) in [6.45, 7) is 2.00. The van der Waals surface area contributed by atoms with E-state index in [2.05, 4.69) is 17.1 Å². The first-order chi connectivity index (χ1) is 11.2. The van der Waals surface area contributed by atoms with E-state index >= 15 is 0 Å². The number of nitrogens with zero attached hydrogens (tertiary/aromatic N) is 1. The van der Waals surface area contributed by atoms with E-state index in [-0.39, 0.29) is 41.6 Å². The van der Waals surface area contributed by atoms with Crippen molar-refractivity contribution < 1.29 is 19.1 Å². The minimum absolute atomic E-state index is 0.0217. The van der Waals surface area contributed by atoms with Crippen molar-refractivity contribution in [3.05, 3.63) is 35.9 Å². The summed E-state index contributed by atoms with van der Waals surface area (Å²) in [7, 11) is 0. The van der Waals surface area contributed by atoms with Gasteiger partial charge in [0.05, 0.1) is 30.7 Å². The molecule has 6 atom stereocenters. The molecule has 3 saturated heterocycles. The Morgan fingerprint density at radius 3 is 2.96 bits per heavy atom. The number of fused-ring (bicyclic) bond motifs is 8. The van der Waals surface area contributed by atoms with Crippen LogP contribution in [-0.2, 0) is 19.1 Å². The smallest absolute Gasteiger partial charge is 0.218 e. The fourth-order valence-corrected chi connectivity index (χ4v) is 4.74. The number of Topliss-reactive ketones (excluding diaryl/α,β-unsaturated/α-hetero) is 2. The second-order valence-electron chi connectivity index (χ2n) is 6.72. The topological polar surface area (TPSA) is 55.8 Å². The summed E-state index contributed by atoms with van der Waals surface area (Å²) in [6, 6.07) is 7.59. The van der Waals surface area contributed by atoms with Gasteiger partial charge in [0.25, 0.3) is 0 Å². The highest BCUT2D eigenvalue weighted by atomic mass is 16.7. The molecule has 0 amide bonds. The van der Waals surface area contributed by atoms with Crippen molar-refractivity contribution in [2.75, 3.05) is 11.5 Å². The van der Waals surface area contributed by atoms with Crippen LogP contribution in [0.25, 0.3) is 6.08 Å². The van der Waals surface area contributed by atoms with E-state index < -0.39 is 6.29 Å². The summed E-state index contributed by atoms with van der Waals surface area (Å²) >= 11 is 0. The number of hydrogen-bond donors (Lipinski definition) is 0. The lowest BCUT2D eigenvalue weighted by Crippen LogP contribution is -2.48. The number of carbonyl (C=O) groups is 2. The van der Waals surface area contributed by atoms with E-state index in [1.807, 2.05) is 24.3 Å². The van der Waals surface area contributed by atoms with Crippen LogP contribution in [0.2, 0.25) is 0 Å². The summed E-state index contributed by atoms with van der Waals surface area (Å²) < 4.78 is 11.2. The molecular formula is C18H17NO4. The quantitative estimate of drug-likeness (QED) is 0.785. The second kappa shape index (κ2) is 4.52. The third-order valence-corrected chi connectivity index (χ3v) is 5.57. The predicted molar refractivity (Wildman–Crippen MR) is 82.8 cm³/mol. The average molecular weight is 311 g/mol. The predicted octanol–water partition coefficient (Wildman–Crippen LogP) is 1.42. The number of anilines is 1. The van der Waals surface area contributed by atoms with E-state index in [1.165, 1.54) is 0 Å². The van der Waals surface area contributed by atoms with Gasteiger partial charge in [0.1, 0.15) is 0 Å².